The Hall–Kier alpha value is -1.70. The maximum Gasteiger partial charge on any atom is 0.165 e. The third-order valence-corrected chi connectivity index (χ3v) is 3.28. The summed E-state index contributed by atoms with van der Waals surface area (Å²) in [5.74, 6) is 0.338. The van der Waals surface area contributed by atoms with Crippen LogP contribution >= 0.6 is 0 Å². The van der Waals surface area contributed by atoms with Crippen LogP contribution in [0.4, 0.5) is 0 Å². The van der Waals surface area contributed by atoms with Crippen LogP contribution in [0.5, 0.6) is 0 Å². The molecule has 0 aliphatic heterocycles. The average Bonchev–Trinajstić information content (AvgIpc) is 2.37. The number of rotatable bonds is 4. The Morgan fingerprint density at radius 2 is 2.06 bits per heavy atom. The van der Waals surface area contributed by atoms with Gasteiger partial charge in [-0.1, -0.05) is 26.3 Å². The van der Waals surface area contributed by atoms with Gasteiger partial charge in [0.1, 0.15) is 0 Å². The number of hydrogen-bond donors (Lipinski definition) is 0. The van der Waals surface area contributed by atoms with Gasteiger partial charge in [-0.2, -0.15) is 0 Å². The van der Waals surface area contributed by atoms with Crippen LogP contribution in [0.2, 0.25) is 0 Å². The molecule has 18 heavy (non-hydrogen) atoms. The summed E-state index contributed by atoms with van der Waals surface area (Å²) >= 11 is 0. The molecule has 2 rings (SSSR count). The Morgan fingerprint density at radius 3 is 2.78 bits per heavy atom. The van der Waals surface area contributed by atoms with Crippen LogP contribution in [0.1, 0.15) is 42.7 Å². The van der Waals surface area contributed by atoms with Gasteiger partial charge in [-0.15, -0.1) is 0 Å². The standard InChI is InChI=1S/C16H19NO/c1-4-5-11(2)16(18)14-8-9-15-13(10-14)7-6-12(3)17-15/h6-11H,4-5H2,1-3H3. The van der Waals surface area contributed by atoms with Crippen LogP contribution in [0.3, 0.4) is 0 Å². The SMILES string of the molecule is CCCC(C)C(=O)c1ccc2nc(C)ccc2c1. The van der Waals surface area contributed by atoms with Crippen molar-refractivity contribution in [1.82, 2.24) is 4.98 Å². The second-order valence-corrected chi connectivity index (χ2v) is 4.91. The summed E-state index contributed by atoms with van der Waals surface area (Å²) in [6.07, 6.45) is 1.99. The fourth-order valence-electron chi connectivity index (χ4n) is 2.23. The van der Waals surface area contributed by atoms with E-state index in [0.717, 1.165) is 35.0 Å². The largest absolute Gasteiger partial charge is 0.294 e. The maximum atomic E-state index is 12.2. The summed E-state index contributed by atoms with van der Waals surface area (Å²) in [5, 5.41) is 1.04. The molecule has 1 aromatic heterocycles. The summed E-state index contributed by atoms with van der Waals surface area (Å²) in [7, 11) is 0. The van der Waals surface area contributed by atoms with Crippen molar-refractivity contribution in [3.63, 3.8) is 0 Å². The first-order valence-corrected chi connectivity index (χ1v) is 6.53. The van der Waals surface area contributed by atoms with E-state index in [4.69, 9.17) is 0 Å². The lowest BCUT2D eigenvalue weighted by Gasteiger charge is -2.09. The monoisotopic (exact) mass is 241 g/mol. The molecule has 0 saturated carbocycles. The first kappa shape index (κ1) is 12.7. The molecule has 0 aliphatic carbocycles. The van der Waals surface area contributed by atoms with Gasteiger partial charge in [0.25, 0.3) is 0 Å². The van der Waals surface area contributed by atoms with Gasteiger partial charge in [0, 0.05) is 22.6 Å². The second kappa shape index (κ2) is 5.30. The minimum Gasteiger partial charge on any atom is -0.294 e. The number of carbonyl (C=O) groups excluding carboxylic acids is 1. The molecule has 0 spiro atoms. The van der Waals surface area contributed by atoms with E-state index in [2.05, 4.69) is 11.9 Å². The van der Waals surface area contributed by atoms with Gasteiger partial charge in [-0.05, 0) is 37.6 Å². The van der Waals surface area contributed by atoms with Gasteiger partial charge in [-0.25, -0.2) is 0 Å². The zero-order valence-corrected chi connectivity index (χ0v) is 11.2. The first-order valence-electron chi connectivity index (χ1n) is 6.53. The van der Waals surface area contributed by atoms with E-state index in [1.54, 1.807) is 0 Å². The Labute approximate surface area is 108 Å². The highest BCUT2D eigenvalue weighted by Crippen LogP contribution is 2.19. The van der Waals surface area contributed by atoms with Crippen molar-refractivity contribution in [2.75, 3.05) is 0 Å². The Bertz CT molecular complexity index is 574. The molecule has 0 aliphatic rings. The number of nitrogens with zero attached hydrogens (tertiary/aromatic N) is 1. The lowest BCUT2D eigenvalue weighted by atomic mass is 9.94. The Morgan fingerprint density at radius 1 is 1.28 bits per heavy atom. The van der Waals surface area contributed by atoms with Gasteiger partial charge < -0.3 is 0 Å². The molecule has 0 radical (unpaired) electrons. The number of hydrogen-bond acceptors (Lipinski definition) is 2. The van der Waals surface area contributed by atoms with Crippen molar-refractivity contribution in [3.05, 3.63) is 41.6 Å². The molecule has 0 bridgehead atoms. The maximum absolute atomic E-state index is 12.2. The summed E-state index contributed by atoms with van der Waals surface area (Å²) in [4.78, 5) is 16.7. The minimum atomic E-state index is 0.103. The van der Waals surface area contributed by atoms with E-state index in [-0.39, 0.29) is 11.7 Å². The van der Waals surface area contributed by atoms with E-state index in [9.17, 15) is 4.79 Å². The van der Waals surface area contributed by atoms with E-state index in [1.165, 1.54) is 0 Å². The molecule has 94 valence electrons. The van der Waals surface area contributed by atoms with E-state index >= 15 is 0 Å². The van der Waals surface area contributed by atoms with E-state index < -0.39 is 0 Å². The van der Waals surface area contributed by atoms with Gasteiger partial charge in [0.2, 0.25) is 0 Å². The lowest BCUT2D eigenvalue weighted by molar-refractivity contribution is 0.0923. The molecular formula is C16H19NO. The highest BCUT2D eigenvalue weighted by molar-refractivity contribution is 6.00. The highest BCUT2D eigenvalue weighted by Gasteiger charge is 2.14. The number of ketones is 1. The quantitative estimate of drug-likeness (QED) is 0.752. The number of pyridine rings is 1. The topological polar surface area (TPSA) is 30.0 Å². The van der Waals surface area contributed by atoms with Crippen molar-refractivity contribution < 1.29 is 4.79 Å². The number of Topliss-reactive ketones (excluding diaryl/α,β-unsaturated/α-hetero) is 1. The predicted octanol–water partition coefficient (Wildman–Crippen LogP) is 4.16. The average molecular weight is 241 g/mol. The molecule has 1 unspecified atom stereocenters. The van der Waals surface area contributed by atoms with E-state index in [0.29, 0.717) is 0 Å². The molecule has 1 heterocycles. The highest BCUT2D eigenvalue weighted by atomic mass is 16.1. The van der Waals surface area contributed by atoms with Crippen LogP contribution in [0, 0.1) is 12.8 Å². The van der Waals surface area contributed by atoms with Crippen molar-refractivity contribution in [3.8, 4) is 0 Å². The molecule has 2 aromatic rings. The first-order chi connectivity index (χ1) is 8.61. The molecule has 0 amide bonds. The Balaban J connectivity index is 2.35. The molecule has 0 N–H and O–H groups in total. The molecular weight excluding hydrogens is 222 g/mol. The number of aryl methyl sites for hydroxylation is 1. The summed E-state index contributed by atoms with van der Waals surface area (Å²) < 4.78 is 0. The molecule has 1 aromatic carbocycles. The molecule has 0 fully saturated rings. The predicted molar refractivity (Wildman–Crippen MR) is 74.9 cm³/mol. The van der Waals surface area contributed by atoms with Gasteiger partial charge in [0.15, 0.2) is 5.78 Å². The van der Waals surface area contributed by atoms with E-state index in [1.807, 2.05) is 44.2 Å². The molecule has 0 saturated heterocycles. The van der Waals surface area contributed by atoms with Gasteiger partial charge in [0.05, 0.1) is 5.52 Å². The smallest absolute Gasteiger partial charge is 0.165 e. The van der Waals surface area contributed by atoms with Gasteiger partial charge >= 0.3 is 0 Å². The third kappa shape index (κ3) is 2.58. The van der Waals surface area contributed by atoms with Crippen molar-refractivity contribution in [2.45, 2.75) is 33.6 Å². The van der Waals surface area contributed by atoms with Crippen molar-refractivity contribution >= 4 is 16.7 Å². The van der Waals surface area contributed by atoms with Crippen LogP contribution in [-0.4, -0.2) is 10.8 Å². The normalized spacial score (nSPS) is 12.6. The summed E-state index contributed by atoms with van der Waals surface area (Å²) in [5.41, 5.74) is 2.75. The van der Waals surface area contributed by atoms with Crippen LogP contribution in [0.25, 0.3) is 10.9 Å². The fraction of sp³-hybridized carbons (Fsp3) is 0.375. The molecule has 2 heteroatoms. The zero-order valence-electron chi connectivity index (χ0n) is 11.2. The lowest BCUT2D eigenvalue weighted by Crippen LogP contribution is -2.10. The van der Waals surface area contributed by atoms with Crippen molar-refractivity contribution in [1.29, 1.82) is 0 Å². The minimum absolute atomic E-state index is 0.103. The van der Waals surface area contributed by atoms with Crippen LogP contribution < -0.4 is 0 Å². The van der Waals surface area contributed by atoms with Crippen LogP contribution in [-0.2, 0) is 0 Å². The summed E-state index contributed by atoms with van der Waals surface area (Å²) in [6.45, 7) is 6.09. The number of fused-ring (bicyclic) bond motifs is 1. The third-order valence-electron chi connectivity index (χ3n) is 3.28. The number of aromatic nitrogens is 1. The fourth-order valence-corrected chi connectivity index (χ4v) is 2.23. The molecule has 1 atom stereocenters. The van der Waals surface area contributed by atoms with Gasteiger partial charge in [-0.3, -0.25) is 9.78 Å². The number of benzene rings is 1. The van der Waals surface area contributed by atoms with Crippen molar-refractivity contribution in [2.24, 2.45) is 5.92 Å². The summed E-state index contributed by atoms with van der Waals surface area (Å²) in [6, 6.07) is 9.79. The number of carbonyl (C=O) groups is 1. The molecule has 2 nitrogen and oxygen atoms in total. The Kier molecular flexibility index (Phi) is 3.75. The zero-order chi connectivity index (χ0) is 13.1. The van der Waals surface area contributed by atoms with Crippen LogP contribution in [0.15, 0.2) is 30.3 Å². The second-order valence-electron chi connectivity index (χ2n) is 4.91.